The molecule has 5 nitrogen and oxygen atoms in total. The number of rotatable bonds is 2. The lowest BCUT2D eigenvalue weighted by Crippen LogP contribution is -2.05. The highest BCUT2D eigenvalue weighted by Crippen LogP contribution is 2.28. The molecule has 1 aromatic heterocycles. The van der Waals surface area contributed by atoms with E-state index in [0.29, 0.717) is 0 Å². The Hall–Kier alpha value is -2.30. The van der Waals surface area contributed by atoms with Crippen molar-refractivity contribution in [2.24, 2.45) is 0 Å². The molecule has 0 saturated heterocycles. The molecule has 1 heterocycles. The molecule has 0 atom stereocenters. The number of hydrogen-bond acceptors (Lipinski definition) is 4. The Morgan fingerprint density at radius 2 is 2.12 bits per heavy atom. The van der Waals surface area contributed by atoms with E-state index >= 15 is 0 Å². The maximum Gasteiger partial charge on any atom is 0.511 e. The van der Waals surface area contributed by atoms with E-state index < -0.39 is 6.16 Å². The van der Waals surface area contributed by atoms with E-state index in [0.717, 1.165) is 10.9 Å². The van der Waals surface area contributed by atoms with Gasteiger partial charge in [0.05, 0.1) is 12.6 Å². The molecular weight excluding hydrogens is 210 g/mol. The van der Waals surface area contributed by atoms with E-state index in [1.54, 1.807) is 6.07 Å². The van der Waals surface area contributed by atoms with E-state index in [1.807, 2.05) is 24.3 Å². The Bertz CT molecular complexity index is 538. The Morgan fingerprint density at radius 1 is 1.38 bits per heavy atom. The predicted octanol–water partition coefficient (Wildman–Crippen LogP) is 2.30. The molecule has 2 aromatic rings. The molecule has 1 aromatic carbocycles. The van der Waals surface area contributed by atoms with Gasteiger partial charge in [-0.25, -0.2) is 9.78 Å². The van der Waals surface area contributed by atoms with Gasteiger partial charge in [-0.15, -0.1) is 0 Å². The number of pyridine rings is 1. The van der Waals surface area contributed by atoms with Gasteiger partial charge in [0, 0.05) is 5.39 Å². The third-order valence-electron chi connectivity index (χ3n) is 2.05. The van der Waals surface area contributed by atoms with Crippen LogP contribution in [0.4, 0.5) is 4.79 Å². The molecule has 0 amide bonds. The van der Waals surface area contributed by atoms with E-state index in [-0.39, 0.29) is 11.6 Å². The molecule has 82 valence electrons. The Labute approximate surface area is 91.2 Å². The first-order chi connectivity index (χ1) is 7.70. The molecule has 0 saturated carbocycles. The molecule has 0 fully saturated rings. The zero-order valence-electron chi connectivity index (χ0n) is 8.51. The van der Waals surface area contributed by atoms with Gasteiger partial charge >= 0.3 is 6.16 Å². The van der Waals surface area contributed by atoms with Gasteiger partial charge in [0.15, 0.2) is 5.75 Å². The first-order valence-corrected chi connectivity index (χ1v) is 4.55. The fourth-order valence-electron chi connectivity index (χ4n) is 1.39. The minimum Gasteiger partial charge on any atom is -0.478 e. The van der Waals surface area contributed by atoms with Crippen molar-refractivity contribution in [2.75, 3.05) is 7.11 Å². The fourth-order valence-corrected chi connectivity index (χ4v) is 1.39. The second-order valence-corrected chi connectivity index (χ2v) is 3.06. The maximum atomic E-state index is 10.5. The highest BCUT2D eigenvalue weighted by molar-refractivity contribution is 5.81. The van der Waals surface area contributed by atoms with Gasteiger partial charge in [-0.2, -0.15) is 0 Å². The number of benzene rings is 1. The lowest BCUT2D eigenvalue weighted by molar-refractivity contribution is 0.142. The molecule has 0 unspecified atom stereocenters. The SMILES string of the molecule is COc1nc2ccccc2cc1OC(=O)O. The maximum absolute atomic E-state index is 10.5. The summed E-state index contributed by atoms with van der Waals surface area (Å²) < 4.78 is 9.53. The van der Waals surface area contributed by atoms with Crippen LogP contribution in [0.25, 0.3) is 10.9 Å². The lowest BCUT2D eigenvalue weighted by Gasteiger charge is -2.07. The third kappa shape index (κ3) is 1.88. The van der Waals surface area contributed by atoms with E-state index in [4.69, 9.17) is 9.84 Å². The van der Waals surface area contributed by atoms with Gasteiger partial charge in [0.2, 0.25) is 0 Å². The van der Waals surface area contributed by atoms with Crippen molar-refractivity contribution in [3.63, 3.8) is 0 Å². The highest BCUT2D eigenvalue weighted by atomic mass is 16.7. The van der Waals surface area contributed by atoms with Gasteiger partial charge in [-0.05, 0) is 12.1 Å². The van der Waals surface area contributed by atoms with Crippen molar-refractivity contribution >= 4 is 17.1 Å². The number of aromatic nitrogens is 1. The quantitative estimate of drug-likeness (QED) is 0.785. The molecule has 5 heteroatoms. The first kappa shape index (κ1) is 10.2. The zero-order chi connectivity index (χ0) is 11.5. The highest BCUT2D eigenvalue weighted by Gasteiger charge is 2.11. The summed E-state index contributed by atoms with van der Waals surface area (Å²) in [6, 6.07) is 8.88. The molecule has 16 heavy (non-hydrogen) atoms. The zero-order valence-corrected chi connectivity index (χ0v) is 8.51. The van der Waals surface area contributed by atoms with Crippen molar-refractivity contribution in [3.8, 4) is 11.6 Å². The van der Waals surface area contributed by atoms with Crippen LogP contribution in [0.15, 0.2) is 30.3 Å². The first-order valence-electron chi connectivity index (χ1n) is 4.55. The van der Waals surface area contributed by atoms with E-state index in [1.165, 1.54) is 7.11 Å². The van der Waals surface area contributed by atoms with Crippen LogP contribution in [-0.4, -0.2) is 23.4 Å². The van der Waals surface area contributed by atoms with Gasteiger partial charge in [0.25, 0.3) is 5.88 Å². The second-order valence-electron chi connectivity index (χ2n) is 3.06. The van der Waals surface area contributed by atoms with Crippen LogP contribution in [0, 0.1) is 0 Å². The minimum absolute atomic E-state index is 0.0914. The monoisotopic (exact) mass is 219 g/mol. The Kier molecular flexibility index (Phi) is 2.59. The molecule has 0 radical (unpaired) electrons. The molecule has 0 bridgehead atoms. The van der Waals surface area contributed by atoms with Crippen LogP contribution in [0.1, 0.15) is 0 Å². The molecule has 1 N–H and O–H groups in total. The molecule has 2 rings (SSSR count). The Morgan fingerprint density at radius 3 is 2.81 bits per heavy atom. The van der Waals surface area contributed by atoms with Crippen molar-refractivity contribution in [2.45, 2.75) is 0 Å². The third-order valence-corrected chi connectivity index (χ3v) is 2.05. The van der Waals surface area contributed by atoms with Crippen LogP contribution in [0.2, 0.25) is 0 Å². The minimum atomic E-state index is -1.39. The number of para-hydroxylation sites is 1. The summed E-state index contributed by atoms with van der Waals surface area (Å²) in [6.07, 6.45) is -1.39. The van der Waals surface area contributed by atoms with Gasteiger partial charge in [0.1, 0.15) is 0 Å². The van der Waals surface area contributed by atoms with Crippen molar-refractivity contribution in [1.82, 2.24) is 4.98 Å². The van der Waals surface area contributed by atoms with Crippen molar-refractivity contribution in [1.29, 1.82) is 0 Å². The molecule has 0 aliphatic rings. The standard InChI is InChI=1S/C11H9NO4/c1-15-10-9(16-11(13)14)6-7-4-2-3-5-8(7)12-10/h2-6H,1H3,(H,13,14). The number of fused-ring (bicyclic) bond motifs is 1. The van der Waals surface area contributed by atoms with Gasteiger partial charge in [-0.1, -0.05) is 18.2 Å². The summed E-state index contributed by atoms with van der Waals surface area (Å²) in [7, 11) is 1.41. The number of hydrogen-bond donors (Lipinski definition) is 1. The summed E-state index contributed by atoms with van der Waals surface area (Å²) in [5.74, 6) is 0.245. The number of carboxylic acid groups (broad SMARTS) is 1. The topological polar surface area (TPSA) is 68.7 Å². The van der Waals surface area contributed by atoms with Gasteiger partial charge < -0.3 is 14.6 Å². The summed E-state index contributed by atoms with van der Waals surface area (Å²) in [5.41, 5.74) is 0.720. The summed E-state index contributed by atoms with van der Waals surface area (Å²) in [5, 5.41) is 9.34. The number of ether oxygens (including phenoxy) is 2. The summed E-state index contributed by atoms with van der Waals surface area (Å²) >= 11 is 0. The largest absolute Gasteiger partial charge is 0.511 e. The average Bonchev–Trinajstić information content (AvgIpc) is 2.27. The molecule has 0 aliphatic heterocycles. The normalized spacial score (nSPS) is 10.1. The van der Waals surface area contributed by atoms with Crippen molar-refractivity contribution in [3.05, 3.63) is 30.3 Å². The van der Waals surface area contributed by atoms with Crippen LogP contribution < -0.4 is 9.47 Å². The summed E-state index contributed by atoms with van der Waals surface area (Å²) in [6.45, 7) is 0. The van der Waals surface area contributed by atoms with E-state index in [9.17, 15) is 4.79 Å². The smallest absolute Gasteiger partial charge is 0.478 e. The van der Waals surface area contributed by atoms with Crippen LogP contribution in [-0.2, 0) is 0 Å². The number of methoxy groups -OCH3 is 1. The number of nitrogens with zero attached hydrogens (tertiary/aromatic N) is 1. The molecular formula is C11H9NO4. The van der Waals surface area contributed by atoms with Crippen LogP contribution >= 0.6 is 0 Å². The summed E-state index contributed by atoms with van der Waals surface area (Å²) in [4.78, 5) is 14.6. The number of carbonyl (C=O) groups is 1. The van der Waals surface area contributed by atoms with Gasteiger partial charge in [-0.3, -0.25) is 0 Å². The molecule has 0 aliphatic carbocycles. The Balaban J connectivity index is 2.58. The van der Waals surface area contributed by atoms with Crippen LogP contribution in [0.3, 0.4) is 0 Å². The van der Waals surface area contributed by atoms with Crippen LogP contribution in [0.5, 0.6) is 11.6 Å². The average molecular weight is 219 g/mol. The second kappa shape index (κ2) is 4.06. The molecule has 0 spiro atoms. The fraction of sp³-hybridized carbons (Fsp3) is 0.0909. The van der Waals surface area contributed by atoms with E-state index in [2.05, 4.69) is 9.72 Å². The van der Waals surface area contributed by atoms with Crippen molar-refractivity contribution < 1.29 is 19.4 Å². The predicted molar refractivity (Wildman–Crippen MR) is 56.9 cm³/mol. The lowest BCUT2D eigenvalue weighted by atomic mass is 10.2.